The van der Waals surface area contributed by atoms with E-state index in [1.54, 1.807) is 0 Å². The molecule has 1 saturated heterocycles. The van der Waals surface area contributed by atoms with Crippen molar-refractivity contribution in [2.24, 2.45) is 4.99 Å². The monoisotopic (exact) mass is 419 g/mol. The first-order chi connectivity index (χ1) is 14.2. The van der Waals surface area contributed by atoms with E-state index in [9.17, 15) is 0 Å². The predicted octanol–water partition coefficient (Wildman–Crippen LogP) is 2.07. The van der Waals surface area contributed by atoms with Crippen molar-refractivity contribution in [1.29, 1.82) is 0 Å². The summed E-state index contributed by atoms with van der Waals surface area (Å²) in [5, 5.41) is 12.0. The standard InChI is InChI=1S/C21H37N7S/c1-3-18-25-19-8-7-17(15-28(19)26-18)24-20(22-2)23-16-21(9-5-4-6-10-21)27-11-13-29-14-12-27/h17H,3-16H2,1-2H3,(H2,22,23,24). The fourth-order valence-electron chi connectivity index (χ4n) is 5.12. The molecule has 0 radical (unpaired) electrons. The maximum absolute atomic E-state index is 4.64. The molecule has 0 aromatic carbocycles. The third-order valence-corrected chi connectivity index (χ3v) is 7.78. The minimum absolute atomic E-state index is 0.304. The Bertz CT molecular complexity index is 689. The molecule has 2 N–H and O–H groups in total. The van der Waals surface area contributed by atoms with Gasteiger partial charge >= 0.3 is 0 Å². The molecule has 1 aliphatic carbocycles. The summed E-state index contributed by atoms with van der Waals surface area (Å²) >= 11 is 2.10. The Kier molecular flexibility index (Phi) is 7.00. The van der Waals surface area contributed by atoms with E-state index in [1.165, 1.54) is 56.7 Å². The van der Waals surface area contributed by atoms with E-state index < -0.39 is 0 Å². The average molecular weight is 420 g/mol. The number of nitrogens with one attached hydrogen (secondary N) is 2. The van der Waals surface area contributed by atoms with Crippen LogP contribution in [0.15, 0.2) is 4.99 Å². The number of hydrogen-bond donors (Lipinski definition) is 2. The summed E-state index contributed by atoms with van der Waals surface area (Å²) in [6.07, 6.45) is 9.69. The van der Waals surface area contributed by atoms with Gasteiger partial charge in [-0.2, -0.15) is 16.9 Å². The Morgan fingerprint density at radius 3 is 2.76 bits per heavy atom. The van der Waals surface area contributed by atoms with Gasteiger partial charge in [-0.1, -0.05) is 26.2 Å². The predicted molar refractivity (Wildman–Crippen MR) is 121 cm³/mol. The highest BCUT2D eigenvalue weighted by Crippen LogP contribution is 2.34. The lowest BCUT2D eigenvalue weighted by Crippen LogP contribution is -2.60. The summed E-state index contributed by atoms with van der Waals surface area (Å²) < 4.78 is 2.08. The molecule has 0 bridgehead atoms. The maximum Gasteiger partial charge on any atom is 0.191 e. The van der Waals surface area contributed by atoms with Crippen molar-refractivity contribution in [2.45, 2.75) is 76.4 Å². The van der Waals surface area contributed by atoms with E-state index >= 15 is 0 Å². The fourth-order valence-corrected chi connectivity index (χ4v) is 6.02. The molecule has 4 rings (SSSR count). The molecule has 1 aromatic rings. The van der Waals surface area contributed by atoms with E-state index in [-0.39, 0.29) is 0 Å². The molecule has 2 aliphatic heterocycles. The smallest absolute Gasteiger partial charge is 0.191 e. The molecule has 2 fully saturated rings. The van der Waals surface area contributed by atoms with Crippen LogP contribution in [0.2, 0.25) is 0 Å². The van der Waals surface area contributed by atoms with Crippen LogP contribution < -0.4 is 10.6 Å². The van der Waals surface area contributed by atoms with E-state index in [1.807, 2.05) is 7.05 Å². The van der Waals surface area contributed by atoms with Crippen LogP contribution in [0.3, 0.4) is 0 Å². The van der Waals surface area contributed by atoms with Crippen molar-refractivity contribution in [3.8, 4) is 0 Å². The molecule has 7 nitrogen and oxygen atoms in total. The number of nitrogens with zero attached hydrogens (tertiary/aromatic N) is 5. The Morgan fingerprint density at radius 2 is 2.03 bits per heavy atom. The zero-order valence-corrected chi connectivity index (χ0v) is 18.9. The summed E-state index contributed by atoms with van der Waals surface area (Å²) in [5.41, 5.74) is 0.304. The third-order valence-electron chi connectivity index (χ3n) is 6.83. The Balaban J connectivity index is 1.35. The van der Waals surface area contributed by atoms with Gasteiger partial charge in [-0.15, -0.1) is 0 Å². The van der Waals surface area contributed by atoms with E-state index in [4.69, 9.17) is 0 Å². The van der Waals surface area contributed by atoms with Gasteiger partial charge in [-0.05, 0) is 19.3 Å². The molecular weight excluding hydrogens is 382 g/mol. The number of aryl methyl sites for hydroxylation is 2. The highest BCUT2D eigenvalue weighted by atomic mass is 32.2. The van der Waals surface area contributed by atoms with Gasteiger partial charge in [0.05, 0.1) is 6.54 Å². The van der Waals surface area contributed by atoms with Gasteiger partial charge in [0.1, 0.15) is 5.82 Å². The number of aliphatic imine (C=N–C) groups is 1. The largest absolute Gasteiger partial charge is 0.355 e. The molecule has 29 heavy (non-hydrogen) atoms. The lowest BCUT2D eigenvalue weighted by molar-refractivity contribution is 0.0625. The molecule has 3 heterocycles. The Labute approximate surface area is 179 Å². The van der Waals surface area contributed by atoms with Gasteiger partial charge in [0.2, 0.25) is 0 Å². The number of fused-ring (bicyclic) bond motifs is 1. The molecule has 8 heteroatoms. The number of aromatic nitrogens is 3. The van der Waals surface area contributed by atoms with Crippen LogP contribution in [0.5, 0.6) is 0 Å². The molecule has 1 aromatic heterocycles. The highest BCUT2D eigenvalue weighted by molar-refractivity contribution is 7.99. The molecule has 0 spiro atoms. The van der Waals surface area contributed by atoms with Gasteiger partial charge in [0, 0.05) is 62.6 Å². The Hall–Kier alpha value is -1.28. The fraction of sp³-hybridized carbons (Fsp3) is 0.857. The quantitative estimate of drug-likeness (QED) is 0.562. The summed E-state index contributed by atoms with van der Waals surface area (Å²) in [6.45, 7) is 6.45. The van der Waals surface area contributed by atoms with Crippen LogP contribution in [-0.2, 0) is 19.4 Å². The van der Waals surface area contributed by atoms with Crippen LogP contribution in [-0.4, -0.2) is 75.4 Å². The molecule has 162 valence electrons. The summed E-state index contributed by atoms with van der Waals surface area (Å²) in [6, 6.07) is 0.355. The van der Waals surface area contributed by atoms with Gasteiger partial charge in [0.15, 0.2) is 11.8 Å². The summed E-state index contributed by atoms with van der Waals surface area (Å²) in [4.78, 5) is 12.0. The van der Waals surface area contributed by atoms with Crippen LogP contribution >= 0.6 is 11.8 Å². The number of guanidine groups is 1. The van der Waals surface area contributed by atoms with Gasteiger partial charge in [-0.3, -0.25) is 9.89 Å². The Morgan fingerprint density at radius 1 is 1.24 bits per heavy atom. The van der Waals surface area contributed by atoms with Gasteiger partial charge in [-0.25, -0.2) is 9.67 Å². The van der Waals surface area contributed by atoms with E-state index in [2.05, 4.69) is 54.0 Å². The number of rotatable bonds is 5. The maximum atomic E-state index is 4.64. The molecular formula is C21H37N7S. The zero-order chi connectivity index (χ0) is 20.1. The number of hydrogen-bond acceptors (Lipinski definition) is 5. The number of thioether (sulfide) groups is 1. The minimum Gasteiger partial charge on any atom is -0.355 e. The van der Waals surface area contributed by atoms with Crippen molar-refractivity contribution in [2.75, 3.05) is 38.2 Å². The van der Waals surface area contributed by atoms with Gasteiger partial charge < -0.3 is 10.6 Å². The van der Waals surface area contributed by atoms with Crippen molar-refractivity contribution in [1.82, 2.24) is 30.3 Å². The van der Waals surface area contributed by atoms with Crippen molar-refractivity contribution < 1.29 is 0 Å². The zero-order valence-electron chi connectivity index (χ0n) is 18.1. The lowest BCUT2D eigenvalue weighted by Gasteiger charge is -2.48. The van der Waals surface area contributed by atoms with Crippen LogP contribution in [0.4, 0.5) is 0 Å². The molecule has 1 unspecified atom stereocenters. The van der Waals surface area contributed by atoms with Crippen LogP contribution in [0, 0.1) is 0 Å². The third kappa shape index (κ3) is 4.90. The second-order valence-corrected chi connectivity index (χ2v) is 9.89. The van der Waals surface area contributed by atoms with Crippen molar-refractivity contribution in [3.05, 3.63) is 11.6 Å². The molecule has 3 aliphatic rings. The highest BCUT2D eigenvalue weighted by Gasteiger charge is 2.38. The topological polar surface area (TPSA) is 70.4 Å². The summed E-state index contributed by atoms with van der Waals surface area (Å²) in [7, 11) is 1.89. The molecule has 0 amide bonds. The molecule has 1 saturated carbocycles. The first-order valence-electron chi connectivity index (χ1n) is 11.4. The van der Waals surface area contributed by atoms with Gasteiger partial charge in [0.25, 0.3) is 0 Å². The van der Waals surface area contributed by atoms with E-state index in [0.29, 0.717) is 11.6 Å². The van der Waals surface area contributed by atoms with Crippen LogP contribution in [0.25, 0.3) is 0 Å². The SMILES string of the molecule is CCc1nc2n(n1)CC(NC(=NC)NCC1(N3CCSCC3)CCCCC1)CC2. The van der Waals surface area contributed by atoms with E-state index in [0.717, 1.165) is 50.0 Å². The normalized spacial score (nSPS) is 25.4. The second kappa shape index (κ2) is 9.69. The first-order valence-corrected chi connectivity index (χ1v) is 12.6. The molecule has 1 atom stereocenters. The van der Waals surface area contributed by atoms with Crippen LogP contribution in [0.1, 0.15) is 57.1 Å². The second-order valence-electron chi connectivity index (χ2n) is 8.67. The first kappa shape index (κ1) is 21.0. The lowest BCUT2D eigenvalue weighted by atomic mass is 9.80. The summed E-state index contributed by atoms with van der Waals surface area (Å²) in [5.74, 6) is 5.58. The average Bonchev–Trinajstić information content (AvgIpc) is 3.20. The van der Waals surface area contributed by atoms with Crippen molar-refractivity contribution in [3.63, 3.8) is 0 Å². The minimum atomic E-state index is 0.304. The van der Waals surface area contributed by atoms with Crippen molar-refractivity contribution >= 4 is 17.7 Å².